The number of thiazole rings is 1. The first-order chi connectivity index (χ1) is 10.0. The molecule has 120 valence electrons. The SMILES string of the molecule is CCCNC(C)c1sc(N2CCCN(C)CC2C)nc1C. The lowest BCUT2D eigenvalue weighted by molar-refractivity contribution is 0.337. The molecule has 0 bridgehead atoms. The van der Waals surface area contributed by atoms with E-state index in [1.54, 1.807) is 0 Å². The van der Waals surface area contributed by atoms with Crippen LogP contribution >= 0.6 is 11.3 Å². The van der Waals surface area contributed by atoms with Crippen LogP contribution in [-0.4, -0.2) is 49.2 Å². The van der Waals surface area contributed by atoms with Gasteiger partial charge in [0.15, 0.2) is 5.13 Å². The van der Waals surface area contributed by atoms with Gasteiger partial charge in [0.05, 0.1) is 5.69 Å². The standard InChI is InChI=1S/C16H30N4S/c1-6-8-17-13(3)15-14(4)18-16(21-15)20-10-7-9-19(5)11-12(20)2/h12-13,17H,6-11H2,1-5H3. The first-order valence-corrected chi connectivity index (χ1v) is 9.00. The maximum atomic E-state index is 4.87. The van der Waals surface area contributed by atoms with Crippen LogP contribution < -0.4 is 10.2 Å². The molecule has 1 fully saturated rings. The summed E-state index contributed by atoms with van der Waals surface area (Å²) in [7, 11) is 2.22. The lowest BCUT2D eigenvalue weighted by Crippen LogP contribution is -2.37. The zero-order valence-electron chi connectivity index (χ0n) is 14.1. The minimum atomic E-state index is 0.404. The van der Waals surface area contributed by atoms with E-state index in [0.717, 1.165) is 19.6 Å². The number of rotatable bonds is 5. The van der Waals surface area contributed by atoms with Gasteiger partial charge < -0.3 is 15.1 Å². The number of aryl methyl sites for hydroxylation is 1. The molecule has 21 heavy (non-hydrogen) atoms. The summed E-state index contributed by atoms with van der Waals surface area (Å²) in [5.74, 6) is 0. The van der Waals surface area contributed by atoms with Gasteiger partial charge in [0.2, 0.25) is 0 Å². The highest BCUT2D eigenvalue weighted by molar-refractivity contribution is 7.15. The third-order valence-corrected chi connectivity index (χ3v) is 5.58. The Kier molecular flexibility index (Phi) is 6.02. The van der Waals surface area contributed by atoms with Crippen LogP contribution in [0.4, 0.5) is 5.13 Å². The van der Waals surface area contributed by atoms with E-state index in [1.165, 1.54) is 35.1 Å². The highest BCUT2D eigenvalue weighted by Gasteiger charge is 2.24. The molecule has 1 aromatic heterocycles. The Morgan fingerprint density at radius 1 is 1.43 bits per heavy atom. The molecule has 1 N–H and O–H groups in total. The predicted molar refractivity (Wildman–Crippen MR) is 92.5 cm³/mol. The summed E-state index contributed by atoms with van der Waals surface area (Å²) in [6.45, 7) is 13.4. The molecule has 0 spiro atoms. The lowest BCUT2D eigenvalue weighted by Gasteiger charge is -2.27. The number of hydrogen-bond acceptors (Lipinski definition) is 5. The average molecular weight is 311 g/mol. The Bertz CT molecular complexity index is 445. The zero-order valence-corrected chi connectivity index (χ0v) is 15.0. The highest BCUT2D eigenvalue weighted by atomic mass is 32.1. The largest absolute Gasteiger partial charge is 0.344 e. The van der Waals surface area contributed by atoms with Crippen molar-refractivity contribution in [2.75, 3.05) is 38.1 Å². The van der Waals surface area contributed by atoms with E-state index in [9.17, 15) is 0 Å². The monoisotopic (exact) mass is 310 g/mol. The molecule has 1 aliphatic heterocycles. The van der Waals surface area contributed by atoms with Gasteiger partial charge in [-0.05, 0) is 53.8 Å². The van der Waals surface area contributed by atoms with Gasteiger partial charge in [0, 0.05) is 30.1 Å². The minimum absolute atomic E-state index is 0.404. The predicted octanol–water partition coefficient (Wildman–Crippen LogP) is 3.04. The summed E-state index contributed by atoms with van der Waals surface area (Å²) in [5.41, 5.74) is 1.19. The molecule has 0 radical (unpaired) electrons. The lowest BCUT2D eigenvalue weighted by atomic mass is 10.2. The van der Waals surface area contributed by atoms with Crippen LogP contribution in [0.1, 0.15) is 50.2 Å². The molecule has 2 rings (SSSR count). The average Bonchev–Trinajstić information content (AvgIpc) is 2.73. The van der Waals surface area contributed by atoms with Gasteiger partial charge in [-0.2, -0.15) is 0 Å². The van der Waals surface area contributed by atoms with Crippen LogP contribution in [0.2, 0.25) is 0 Å². The van der Waals surface area contributed by atoms with Crippen LogP contribution in [0.15, 0.2) is 0 Å². The van der Waals surface area contributed by atoms with Crippen molar-refractivity contribution in [3.63, 3.8) is 0 Å². The minimum Gasteiger partial charge on any atom is -0.344 e. The molecule has 1 aromatic rings. The molecule has 1 saturated heterocycles. The molecule has 4 nitrogen and oxygen atoms in total. The van der Waals surface area contributed by atoms with Crippen molar-refractivity contribution in [2.45, 2.75) is 52.6 Å². The maximum absolute atomic E-state index is 4.87. The Hall–Kier alpha value is -0.650. The van der Waals surface area contributed by atoms with Crippen LogP contribution in [0.5, 0.6) is 0 Å². The van der Waals surface area contributed by atoms with Crippen molar-refractivity contribution in [2.24, 2.45) is 0 Å². The van der Waals surface area contributed by atoms with E-state index >= 15 is 0 Å². The summed E-state index contributed by atoms with van der Waals surface area (Å²) in [4.78, 5) is 11.2. The topological polar surface area (TPSA) is 31.4 Å². The smallest absolute Gasteiger partial charge is 0.186 e. The van der Waals surface area contributed by atoms with E-state index in [4.69, 9.17) is 4.98 Å². The zero-order chi connectivity index (χ0) is 15.4. The van der Waals surface area contributed by atoms with Crippen LogP contribution in [-0.2, 0) is 0 Å². The molecule has 0 saturated carbocycles. The van der Waals surface area contributed by atoms with E-state index in [-0.39, 0.29) is 0 Å². The normalized spacial score (nSPS) is 22.3. The third-order valence-electron chi connectivity index (χ3n) is 4.21. The van der Waals surface area contributed by atoms with Crippen molar-refractivity contribution >= 4 is 16.5 Å². The third kappa shape index (κ3) is 4.18. The Morgan fingerprint density at radius 2 is 2.19 bits per heavy atom. The van der Waals surface area contributed by atoms with E-state index in [2.05, 4.69) is 49.9 Å². The fraction of sp³-hybridized carbons (Fsp3) is 0.812. The summed E-state index contributed by atoms with van der Waals surface area (Å²) in [5, 5.41) is 4.78. The first kappa shape index (κ1) is 16.7. The van der Waals surface area contributed by atoms with Crippen molar-refractivity contribution in [1.29, 1.82) is 0 Å². The maximum Gasteiger partial charge on any atom is 0.186 e. The number of nitrogens with zero attached hydrogens (tertiary/aromatic N) is 3. The van der Waals surface area contributed by atoms with E-state index < -0.39 is 0 Å². The molecule has 5 heteroatoms. The van der Waals surface area contributed by atoms with Gasteiger partial charge in [-0.15, -0.1) is 11.3 Å². The van der Waals surface area contributed by atoms with Gasteiger partial charge in [-0.25, -0.2) is 4.98 Å². The van der Waals surface area contributed by atoms with Crippen molar-refractivity contribution in [3.8, 4) is 0 Å². The summed E-state index contributed by atoms with van der Waals surface area (Å²) < 4.78 is 0. The van der Waals surface area contributed by atoms with Crippen LogP contribution in [0.3, 0.4) is 0 Å². The van der Waals surface area contributed by atoms with Gasteiger partial charge in [0.25, 0.3) is 0 Å². The Balaban J connectivity index is 2.13. The Labute approximate surface area is 133 Å². The molecule has 2 atom stereocenters. The molecule has 0 amide bonds. The first-order valence-electron chi connectivity index (χ1n) is 8.18. The second kappa shape index (κ2) is 7.56. The molecular formula is C16H30N4S. The van der Waals surface area contributed by atoms with E-state index in [1.807, 2.05) is 11.3 Å². The van der Waals surface area contributed by atoms with E-state index in [0.29, 0.717) is 12.1 Å². The fourth-order valence-corrected chi connectivity index (χ4v) is 4.25. The van der Waals surface area contributed by atoms with Crippen LogP contribution in [0.25, 0.3) is 0 Å². The summed E-state index contributed by atoms with van der Waals surface area (Å²) in [6.07, 6.45) is 2.39. The molecular weight excluding hydrogens is 280 g/mol. The number of anilines is 1. The van der Waals surface area contributed by atoms with Crippen LogP contribution in [0, 0.1) is 6.92 Å². The van der Waals surface area contributed by atoms with Gasteiger partial charge in [0.1, 0.15) is 0 Å². The number of likely N-dealkylation sites (N-methyl/N-ethyl adjacent to an activating group) is 1. The second-order valence-electron chi connectivity index (χ2n) is 6.28. The second-order valence-corrected chi connectivity index (χ2v) is 7.29. The fourth-order valence-electron chi connectivity index (χ4n) is 3.03. The number of hydrogen-bond donors (Lipinski definition) is 1. The molecule has 1 aliphatic rings. The number of nitrogens with one attached hydrogen (secondary N) is 1. The van der Waals surface area contributed by atoms with Gasteiger partial charge in [-0.3, -0.25) is 0 Å². The molecule has 0 aliphatic carbocycles. The summed E-state index contributed by atoms with van der Waals surface area (Å²) >= 11 is 1.87. The summed E-state index contributed by atoms with van der Waals surface area (Å²) in [6, 6.07) is 0.941. The quantitative estimate of drug-likeness (QED) is 0.906. The number of aromatic nitrogens is 1. The van der Waals surface area contributed by atoms with Gasteiger partial charge >= 0.3 is 0 Å². The Morgan fingerprint density at radius 3 is 2.90 bits per heavy atom. The van der Waals surface area contributed by atoms with Crippen molar-refractivity contribution in [3.05, 3.63) is 10.6 Å². The molecule has 2 heterocycles. The van der Waals surface area contributed by atoms with Crippen molar-refractivity contribution < 1.29 is 0 Å². The highest BCUT2D eigenvalue weighted by Crippen LogP contribution is 2.32. The molecule has 0 aromatic carbocycles. The molecule has 2 unspecified atom stereocenters. The van der Waals surface area contributed by atoms with Crippen molar-refractivity contribution in [1.82, 2.24) is 15.2 Å². The van der Waals surface area contributed by atoms with Gasteiger partial charge in [-0.1, -0.05) is 6.92 Å².